The third-order valence-electron chi connectivity index (χ3n) is 22.0. The average Bonchev–Trinajstić information content (AvgIpc) is 1.80. The summed E-state index contributed by atoms with van der Waals surface area (Å²) in [5.41, 5.74) is 14.6. The van der Waals surface area contributed by atoms with Gasteiger partial charge in [0.2, 0.25) is 5.91 Å². The lowest BCUT2D eigenvalue weighted by atomic mass is 9.35. The van der Waals surface area contributed by atoms with Gasteiger partial charge in [-0.25, -0.2) is 0 Å². The van der Waals surface area contributed by atoms with Gasteiger partial charge in [-0.05, 0) is 176 Å². The Bertz CT molecular complexity index is 3970. The molecule has 6 N–H and O–H groups in total. The lowest BCUT2D eigenvalue weighted by Crippen LogP contribution is -2.76. The summed E-state index contributed by atoms with van der Waals surface area (Å²) >= 11 is 13.2. The molecule has 7 aliphatic carbocycles. The summed E-state index contributed by atoms with van der Waals surface area (Å²) in [4.78, 5) is 35.5. The fraction of sp³-hybridized carbons (Fsp3) is 0.382. The minimum Gasteiger partial charge on any atom is -0.390 e. The van der Waals surface area contributed by atoms with Gasteiger partial charge in [0, 0.05) is 84.1 Å². The molecule has 0 aromatic heterocycles. The van der Waals surface area contributed by atoms with Gasteiger partial charge in [0.05, 0.1) is 47.3 Å². The maximum Gasteiger partial charge on any atom is 0.230 e. The van der Waals surface area contributed by atoms with E-state index < -0.39 is 35.6 Å². The topological polar surface area (TPSA) is 181 Å². The number of aliphatic hydroxyl groups excluding tert-OH is 2. The maximum absolute atomic E-state index is 14.9. The fourth-order valence-corrected chi connectivity index (χ4v) is 18.9. The number of hydrogen-bond acceptors (Lipinski definition) is 12. The van der Waals surface area contributed by atoms with Crippen LogP contribution in [0.2, 0.25) is 10.0 Å². The fourth-order valence-electron chi connectivity index (χ4n) is 18.6. The maximum atomic E-state index is 14.9. The van der Waals surface area contributed by atoms with Gasteiger partial charge in [-0.15, -0.1) is 0 Å². The van der Waals surface area contributed by atoms with Crippen LogP contribution in [-0.2, 0) is 16.1 Å². The van der Waals surface area contributed by atoms with Crippen molar-refractivity contribution in [2.75, 3.05) is 28.0 Å². The van der Waals surface area contributed by atoms with Crippen LogP contribution in [0.1, 0.15) is 102 Å². The average molecular weight is 1140 g/mol. The largest absolute Gasteiger partial charge is 0.390 e. The standard InChI is InChI=1S/C68H64Cl2N8O5/c1-3-35-10-5-7-14-53(35)78-83-32-37-30-66-24-23-50-48-27-39(70)16-21-55(48)73-68(50,33-66)62(66)58(59(37)79)76-74-40-17-18-41-42-19-22-56(43-11-8-12-44(57(42)43)60(80)46(41)28-40)75-77-64-61(81)49(65(82)72-52-13-6-4-9-34(52)2)29-51-36-25-47-45-26-38(69)15-20-54(45)71-63(47)67(51,64)31-36/h4-22,26-28,36-37,47,49-51,58-59,61-64,71,73,78-79,81H,3,23-25,29-33H2,1-2H3,(H,72,82). The van der Waals surface area contributed by atoms with Crippen molar-refractivity contribution in [1.82, 2.24) is 0 Å². The Morgan fingerprint density at radius 3 is 2.42 bits per heavy atom. The van der Waals surface area contributed by atoms with Crippen LogP contribution < -0.4 is 21.4 Å². The van der Waals surface area contributed by atoms with Crippen molar-refractivity contribution in [3.8, 4) is 11.1 Å². The van der Waals surface area contributed by atoms with E-state index in [2.05, 4.69) is 58.7 Å². The zero-order valence-corrected chi connectivity index (χ0v) is 47.7. The summed E-state index contributed by atoms with van der Waals surface area (Å²) < 4.78 is 0. The van der Waals surface area contributed by atoms with Crippen molar-refractivity contribution >= 4 is 79.8 Å². The molecule has 0 saturated heterocycles. The molecule has 0 radical (unpaired) electrons. The van der Waals surface area contributed by atoms with Crippen LogP contribution in [0.5, 0.6) is 0 Å². The number of azo groups is 2. The Balaban J connectivity index is 0.714. The summed E-state index contributed by atoms with van der Waals surface area (Å²) in [6.07, 6.45) is 5.11. The number of anilines is 4. The minimum absolute atomic E-state index is 0.00693. The third kappa shape index (κ3) is 7.56. The molecule has 15 heteroatoms. The van der Waals surface area contributed by atoms with Gasteiger partial charge in [-0.1, -0.05) is 96.9 Å². The van der Waals surface area contributed by atoms with Crippen LogP contribution in [0.3, 0.4) is 0 Å². The van der Waals surface area contributed by atoms with E-state index in [-0.39, 0.29) is 58.3 Å². The Hall–Kier alpha value is -7.00. The smallest absolute Gasteiger partial charge is 0.230 e. The Labute approximate surface area is 491 Å². The first-order chi connectivity index (χ1) is 40.4. The van der Waals surface area contributed by atoms with Gasteiger partial charge in [0.1, 0.15) is 12.1 Å². The van der Waals surface area contributed by atoms with Crippen LogP contribution >= 0.6 is 23.2 Å². The van der Waals surface area contributed by atoms with Crippen LogP contribution in [0.4, 0.5) is 34.1 Å². The molecule has 6 fully saturated rings. The van der Waals surface area contributed by atoms with E-state index in [0.29, 0.717) is 46.5 Å². The minimum atomic E-state index is -1.11. The third-order valence-corrected chi connectivity index (χ3v) is 22.4. The number of nitrogens with zero attached hydrogens (tertiary/aromatic N) is 4. The molecule has 9 aliphatic rings. The number of carbonyl (C=O) groups excluding carboxylic acids is 2. The second-order valence-electron chi connectivity index (χ2n) is 25.7. The first kappa shape index (κ1) is 51.6. The Morgan fingerprint density at radius 1 is 0.783 bits per heavy atom. The summed E-state index contributed by atoms with van der Waals surface area (Å²) in [5.74, 6) is -0.316. The molecule has 4 bridgehead atoms. The summed E-state index contributed by atoms with van der Waals surface area (Å²) in [5, 5.41) is 59.6. The van der Waals surface area contributed by atoms with Gasteiger partial charge in [0.15, 0.2) is 5.78 Å². The monoisotopic (exact) mass is 1140 g/mol. The number of carbonyl (C=O) groups is 2. The molecule has 420 valence electrons. The quantitative estimate of drug-likeness (QED) is 0.0547. The first-order valence-corrected chi connectivity index (χ1v) is 30.5. The number of halogens is 2. The second-order valence-corrected chi connectivity index (χ2v) is 26.6. The number of nitrogens with one attached hydrogen (secondary N) is 4. The number of aliphatic hydroxyl groups is 2. The van der Waals surface area contributed by atoms with Crippen LogP contribution in [0.15, 0.2) is 154 Å². The van der Waals surface area contributed by atoms with Crippen molar-refractivity contribution in [2.45, 2.75) is 113 Å². The highest BCUT2D eigenvalue weighted by Gasteiger charge is 2.76. The molecule has 15 unspecified atom stereocenters. The molecule has 7 aromatic carbocycles. The highest BCUT2D eigenvalue weighted by molar-refractivity contribution is 6.31. The van der Waals surface area contributed by atoms with Gasteiger partial charge < -0.3 is 26.2 Å². The molecular formula is C68H64Cl2N8O5. The van der Waals surface area contributed by atoms with Gasteiger partial charge >= 0.3 is 0 Å². The molecule has 2 spiro atoms. The van der Waals surface area contributed by atoms with Crippen molar-refractivity contribution in [2.24, 2.45) is 60.9 Å². The van der Waals surface area contributed by atoms with Crippen molar-refractivity contribution < 1.29 is 24.6 Å². The number of hydrogen-bond donors (Lipinski definition) is 6. The number of aryl methyl sites for hydroxylation is 2. The highest BCUT2D eigenvalue weighted by atomic mass is 35.5. The van der Waals surface area contributed by atoms with E-state index in [1.807, 2.05) is 110 Å². The number of para-hydroxylation sites is 2. The zero-order valence-electron chi connectivity index (χ0n) is 46.2. The lowest BCUT2D eigenvalue weighted by Gasteiger charge is -2.72. The molecule has 6 saturated carbocycles. The van der Waals surface area contributed by atoms with Crippen molar-refractivity contribution in [3.05, 3.63) is 177 Å². The normalized spacial score (nSPS) is 33.3. The summed E-state index contributed by atoms with van der Waals surface area (Å²) in [6, 6.07) is 42.2. The Kier molecular flexibility index (Phi) is 11.8. The van der Waals surface area contributed by atoms with Gasteiger partial charge in [-0.3, -0.25) is 19.9 Å². The van der Waals surface area contributed by atoms with Crippen LogP contribution in [-0.4, -0.2) is 64.4 Å². The molecule has 15 atom stereocenters. The zero-order chi connectivity index (χ0) is 56.3. The SMILES string of the molecule is CCc1ccccc1NOCC1CC23CCC4c5cc(Cl)ccc5NC4(C2)C3C(N=Nc2ccc3c(c2)C(=O)c2cccc4c(N=NC5C(O)C(C(=O)Nc6ccccc6C)CC6C7CC8c9cc(Cl)ccc9NC8C65C7)ccc-3c24)C1O. The predicted octanol–water partition coefficient (Wildman–Crippen LogP) is 14.9. The van der Waals surface area contributed by atoms with Gasteiger partial charge in [0.25, 0.3) is 0 Å². The van der Waals surface area contributed by atoms with E-state index in [1.165, 1.54) is 11.1 Å². The number of fused-ring (bicyclic) bond motifs is 7. The highest BCUT2D eigenvalue weighted by Crippen LogP contribution is 2.76. The lowest BCUT2D eigenvalue weighted by molar-refractivity contribution is -0.195. The van der Waals surface area contributed by atoms with E-state index in [4.69, 9.17) is 48.5 Å². The molecule has 83 heavy (non-hydrogen) atoms. The molecule has 16 rings (SSSR count). The molecule has 13 nitrogen and oxygen atoms in total. The van der Waals surface area contributed by atoms with E-state index in [9.17, 15) is 19.8 Å². The van der Waals surface area contributed by atoms with Crippen molar-refractivity contribution in [1.29, 1.82) is 0 Å². The van der Waals surface area contributed by atoms with Crippen molar-refractivity contribution in [3.63, 3.8) is 0 Å². The summed E-state index contributed by atoms with van der Waals surface area (Å²) in [7, 11) is 0. The van der Waals surface area contributed by atoms with E-state index in [0.717, 1.165) is 106 Å². The number of ketones is 1. The van der Waals surface area contributed by atoms with Crippen LogP contribution in [0, 0.1) is 47.3 Å². The predicted molar refractivity (Wildman–Crippen MR) is 323 cm³/mol. The molecule has 2 heterocycles. The van der Waals surface area contributed by atoms with E-state index in [1.54, 1.807) is 0 Å². The number of benzene rings is 7. The molecule has 7 aromatic rings. The number of amides is 1. The summed E-state index contributed by atoms with van der Waals surface area (Å²) in [6.45, 7) is 4.40. The number of rotatable bonds is 11. The first-order valence-electron chi connectivity index (χ1n) is 29.7. The Morgan fingerprint density at radius 2 is 1.58 bits per heavy atom. The van der Waals surface area contributed by atoms with Crippen LogP contribution in [0.25, 0.3) is 21.9 Å². The molecule has 2 aliphatic heterocycles. The van der Waals surface area contributed by atoms with Gasteiger partial charge in [-0.2, -0.15) is 20.5 Å². The second kappa shape index (κ2) is 19.0. The van der Waals surface area contributed by atoms with E-state index >= 15 is 0 Å². The molecular weight excluding hydrogens is 1080 g/mol. The molecule has 1 amide bonds.